The molecule has 5 rings (SSSR count). The van der Waals surface area contributed by atoms with Crippen molar-refractivity contribution in [2.75, 3.05) is 6.61 Å². The maximum Gasteiger partial charge on any atom is 0.303 e. The highest BCUT2D eigenvalue weighted by atomic mass is 35.5. The molecule has 0 aliphatic heterocycles. The zero-order chi connectivity index (χ0) is 25.9. The van der Waals surface area contributed by atoms with Crippen molar-refractivity contribution in [2.24, 2.45) is 5.92 Å². The largest absolute Gasteiger partial charge is 0.492 e. The molecule has 5 nitrogen and oxygen atoms in total. The summed E-state index contributed by atoms with van der Waals surface area (Å²) in [6.45, 7) is 0.926. The van der Waals surface area contributed by atoms with Crippen LogP contribution in [0.25, 0.3) is 22.4 Å². The van der Waals surface area contributed by atoms with Crippen LogP contribution in [0.1, 0.15) is 43.2 Å². The van der Waals surface area contributed by atoms with Gasteiger partial charge in [0, 0.05) is 30.1 Å². The van der Waals surface area contributed by atoms with E-state index in [1.165, 1.54) is 12.8 Å². The number of hydrogen-bond donors (Lipinski definition) is 1. The maximum absolute atomic E-state index is 14.3. The molecule has 0 amide bonds. The Hall–Kier alpha value is -3.45. The third-order valence-electron chi connectivity index (χ3n) is 6.92. The summed E-state index contributed by atoms with van der Waals surface area (Å²) in [5.74, 6) is -1.15. The number of aromatic nitrogens is 2. The molecule has 1 aliphatic carbocycles. The van der Waals surface area contributed by atoms with Gasteiger partial charge in [-0.25, -0.2) is 13.8 Å². The molecule has 8 heteroatoms. The van der Waals surface area contributed by atoms with Gasteiger partial charge in [0.1, 0.15) is 11.6 Å². The normalized spacial score (nSPS) is 13.9. The molecule has 4 aromatic rings. The first-order valence-corrected chi connectivity index (χ1v) is 12.8. The molecule has 0 radical (unpaired) electrons. The van der Waals surface area contributed by atoms with Crippen molar-refractivity contribution in [3.05, 3.63) is 82.4 Å². The molecule has 0 spiro atoms. The minimum atomic E-state index is -0.958. The number of aliphatic carboxylic acids is 1. The first kappa shape index (κ1) is 25.2. The van der Waals surface area contributed by atoms with E-state index < -0.39 is 17.6 Å². The highest BCUT2D eigenvalue weighted by Crippen LogP contribution is 2.36. The molecule has 192 valence electrons. The first-order chi connectivity index (χ1) is 17.9. The van der Waals surface area contributed by atoms with Crippen molar-refractivity contribution in [1.82, 2.24) is 9.55 Å². The minimum Gasteiger partial charge on any atom is -0.492 e. The van der Waals surface area contributed by atoms with E-state index >= 15 is 0 Å². The van der Waals surface area contributed by atoms with E-state index in [-0.39, 0.29) is 6.42 Å². The van der Waals surface area contributed by atoms with Crippen LogP contribution in [0.15, 0.2) is 54.6 Å². The summed E-state index contributed by atoms with van der Waals surface area (Å²) >= 11 is 6.31. The van der Waals surface area contributed by atoms with Gasteiger partial charge in [-0.05, 0) is 54.5 Å². The quantitative estimate of drug-likeness (QED) is 0.250. The number of ether oxygens (including phenoxy) is 1. The molecule has 1 aliphatic rings. The number of hydrogen-bond acceptors (Lipinski definition) is 3. The Morgan fingerprint density at radius 3 is 2.46 bits per heavy atom. The number of carbonyl (C=O) groups is 1. The fourth-order valence-electron chi connectivity index (χ4n) is 4.92. The Kier molecular flexibility index (Phi) is 7.42. The lowest BCUT2D eigenvalue weighted by molar-refractivity contribution is -0.136. The molecule has 1 fully saturated rings. The molecule has 1 saturated carbocycles. The number of fused-ring (bicyclic) bond motifs is 1. The van der Waals surface area contributed by atoms with Gasteiger partial charge in [-0.1, -0.05) is 48.7 Å². The lowest BCUT2D eigenvalue weighted by atomic mass is 10.1. The summed E-state index contributed by atoms with van der Waals surface area (Å²) in [5.41, 5.74) is 3.31. The molecule has 1 heterocycles. The highest BCUT2D eigenvalue weighted by Gasteiger charge is 2.21. The van der Waals surface area contributed by atoms with Gasteiger partial charge < -0.3 is 14.4 Å². The zero-order valence-corrected chi connectivity index (χ0v) is 21.0. The van der Waals surface area contributed by atoms with Gasteiger partial charge in [0.2, 0.25) is 0 Å². The van der Waals surface area contributed by atoms with Crippen LogP contribution in [-0.4, -0.2) is 27.2 Å². The van der Waals surface area contributed by atoms with E-state index in [9.17, 15) is 13.6 Å². The van der Waals surface area contributed by atoms with E-state index in [4.69, 9.17) is 21.4 Å². The molecule has 0 unspecified atom stereocenters. The summed E-state index contributed by atoms with van der Waals surface area (Å²) < 4.78 is 36.5. The van der Waals surface area contributed by atoms with E-state index in [2.05, 4.69) is 4.98 Å². The van der Waals surface area contributed by atoms with Gasteiger partial charge in [0.25, 0.3) is 0 Å². The summed E-state index contributed by atoms with van der Waals surface area (Å²) in [7, 11) is 0. The molecule has 1 aromatic heterocycles. The Bertz CT molecular complexity index is 1430. The predicted molar refractivity (Wildman–Crippen MR) is 139 cm³/mol. The third-order valence-corrected chi connectivity index (χ3v) is 7.15. The van der Waals surface area contributed by atoms with Crippen LogP contribution in [0.4, 0.5) is 8.78 Å². The molecule has 0 saturated heterocycles. The topological polar surface area (TPSA) is 64.3 Å². The number of rotatable bonds is 9. The van der Waals surface area contributed by atoms with Crippen LogP contribution in [-0.2, 0) is 17.8 Å². The Morgan fingerprint density at radius 1 is 1.03 bits per heavy atom. The average molecular weight is 525 g/mol. The summed E-state index contributed by atoms with van der Waals surface area (Å²) in [4.78, 5) is 15.6. The van der Waals surface area contributed by atoms with Crippen LogP contribution in [0.2, 0.25) is 5.02 Å². The maximum atomic E-state index is 14.3. The number of aryl methyl sites for hydroxylation is 1. The van der Waals surface area contributed by atoms with E-state index in [1.807, 2.05) is 34.9 Å². The molecule has 0 bridgehead atoms. The fraction of sp³-hybridized carbons (Fsp3) is 0.310. The summed E-state index contributed by atoms with van der Waals surface area (Å²) in [6.07, 6.45) is 5.17. The second kappa shape index (κ2) is 10.9. The smallest absolute Gasteiger partial charge is 0.303 e. The number of carboxylic acids is 1. The monoisotopic (exact) mass is 524 g/mol. The van der Waals surface area contributed by atoms with Crippen LogP contribution >= 0.6 is 11.6 Å². The molecule has 37 heavy (non-hydrogen) atoms. The van der Waals surface area contributed by atoms with Crippen molar-refractivity contribution in [1.29, 1.82) is 0 Å². The standard InChI is InChI=1S/C29H27ClF2N2O3/c30-21-10-11-22(27(13-21)37-17-20-3-1-2-4-20)29-33-25-14-23(31)24(32)15-26(25)34(29)16-19-7-5-18(6-8-19)9-12-28(35)36/h5-8,10-11,13-15,20H,1-4,9,12,16-17H2,(H,35,36). The van der Waals surface area contributed by atoms with E-state index in [1.54, 1.807) is 12.1 Å². The van der Waals surface area contributed by atoms with Crippen LogP contribution in [0.3, 0.4) is 0 Å². The molecular weight excluding hydrogens is 498 g/mol. The van der Waals surface area contributed by atoms with Gasteiger partial charge in [0.05, 0.1) is 23.2 Å². The second-order valence-electron chi connectivity index (χ2n) is 9.59. The van der Waals surface area contributed by atoms with Crippen LogP contribution < -0.4 is 4.74 Å². The van der Waals surface area contributed by atoms with Gasteiger partial charge in [-0.2, -0.15) is 0 Å². The average Bonchev–Trinajstić information content (AvgIpc) is 3.51. The lowest BCUT2D eigenvalue weighted by Gasteiger charge is -2.16. The van der Waals surface area contributed by atoms with Gasteiger partial charge >= 0.3 is 5.97 Å². The Labute approximate surface area is 218 Å². The van der Waals surface area contributed by atoms with Gasteiger partial charge in [-0.15, -0.1) is 0 Å². The predicted octanol–water partition coefficient (Wildman–Crippen LogP) is 7.27. The number of benzene rings is 3. The van der Waals surface area contributed by atoms with Gasteiger partial charge in [0.15, 0.2) is 11.6 Å². The second-order valence-corrected chi connectivity index (χ2v) is 10.0. The minimum absolute atomic E-state index is 0.0562. The van der Waals surface area contributed by atoms with Crippen molar-refractivity contribution >= 4 is 28.6 Å². The number of imidazole rings is 1. The first-order valence-electron chi connectivity index (χ1n) is 12.4. The Morgan fingerprint density at radius 2 is 1.73 bits per heavy atom. The molecule has 3 aromatic carbocycles. The molecule has 1 N–H and O–H groups in total. The van der Waals surface area contributed by atoms with Crippen molar-refractivity contribution < 1.29 is 23.4 Å². The number of nitrogens with zero attached hydrogens (tertiary/aromatic N) is 2. The van der Waals surface area contributed by atoms with Crippen molar-refractivity contribution in [3.8, 4) is 17.1 Å². The van der Waals surface area contributed by atoms with Gasteiger partial charge in [-0.3, -0.25) is 4.79 Å². The summed E-state index contributed by atoms with van der Waals surface area (Å²) in [6, 6.07) is 15.2. The zero-order valence-electron chi connectivity index (χ0n) is 20.2. The van der Waals surface area contributed by atoms with Crippen LogP contribution in [0.5, 0.6) is 5.75 Å². The fourth-order valence-corrected chi connectivity index (χ4v) is 5.08. The molecular formula is C29H27ClF2N2O3. The lowest BCUT2D eigenvalue weighted by Crippen LogP contribution is -2.09. The van der Waals surface area contributed by atoms with Crippen LogP contribution in [0, 0.1) is 17.6 Å². The van der Waals surface area contributed by atoms with E-state index in [0.717, 1.165) is 36.1 Å². The number of carboxylic acid groups (broad SMARTS) is 1. The van der Waals surface area contributed by atoms with Crippen molar-refractivity contribution in [3.63, 3.8) is 0 Å². The van der Waals surface area contributed by atoms with E-state index in [0.29, 0.717) is 58.7 Å². The molecule has 0 atom stereocenters. The number of halogens is 3. The highest BCUT2D eigenvalue weighted by molar-refractivity contribution is 6.30. The SMILES string of the molecule is O=C(O)CCc1ccc(Cn2c(-c3ccc(Cl)cc3OCC3CCCC3)nc3cc(F)c(F)cc32)cc1. The Balaban J connectivity index is 1.53. The summed E-state index contributed by atoms with van der Waals surface area (Å²) in [5, 5.41) is 9.46. The van der Waals surface area contributed by atoms with Crippen molar-refractivity contribution in [2.45, 2.75) is 45.1 Å². The third kappa shape index (κ3) is 5.77.